The van der Waals surface area contributed by atoms with Gasteiger partial charge in [-0.05, 0) is 49.3 Å². The summed E-state index contributed by atoms with van der Waals surface area (Å²) in [5.74, 6) is 0.839. The fourth-order valence-electron chi connectivity index (χ4n) is 2.03. The standard InChI is InChI=1S/C16H24N2O3/c17-15(10-12-4-6-14(19)7-5-12)16(20)18-8-1-9-21-11-13-2-3-13/h4-7,13,15,19H,1-3,8-11,17H2,(H,18,20)/t15-/m0/s1. The number of hydrogen-bond donors (Lipinski definition) is 3. The van der Waals surface area contributed by atoms with Crippen LogP contribution in [0.4, 0.5) is 0 Å². The van der Waals surface area contributed by atoms with Crippen LogP contribution in [0.2, 0.25) is 0 Å². The number of rotatable bonds is 9. The normalized spacial score (nSPS) is 15.7. The molecule has 4 N–H and O–H groups in total. The number of nitrogens with one attached hydrogen (secondary N) is 1. The van der Waals surface area contributed by atoms with Gasteiger partial charge in [0.1, 0.15) is 5.75 Å². The molecule has 1 aliphatic carbocycles. The van der Waals surface area contributed by atoms with Crippen LogP contribution in [0.15, 0.2) is 24.3 Å². The number of hydrogen-bond acceptors (Lipinski definition) is 4. The SMILES string of the molecule is N[C@@H](Cc1ccc(O)cc1)C(=O)NCCCOCC1CC1. The van der Waals surface area contributed by atoms with Crippen molar-refractivity contribution < 1.29 is 14.6 Å². The number of aromatic hydroxyl groups is 1. The molecule has 116 valence electrons. The monoisotopic (exact) mass is 292 g/mol. The number of amides is 1. The molecule has 1 aliphatic rings. The van der Waals surface area contributed by atoms with E-state index in [1.807, 2.05) is 0 Å². The van der Waals surface area contributed by atoms with E-state index >= 15 is 0 Å². The van der Waals surface area contributed by atoms with Crippen LogP contribution in [0.25, 0.3) is 0 Å². The number of phenols is 1. The number of carbonyl (C=O) groups is 1. The Hall–Kier alpha value is -1.59. The maximum atomic E-state index is 11.8. The molecule has 1 aromatic carbocycles. The molecule has 2 rings (SSSR count). The topological polar surface area (TPSA) is 84.6 Å². The van der Waals surface area contributed by atoms with Crippen molar-refractivity contribution in [2.24, 2.45) is 11.7 Å². The minimum atomic E-state index is -0.568. The van der Waals surface area contributed by atoms with Crippen LogP contribution in [0.1, 0.15) is 24.8 Å². The zero-order valence-corrected chi connectivity index (χ0v) is 12.3. The molecule has 1 fully saturated rings. The Morgan fingerprint density at radius 3 is 2.76 bits per heavy atom. The summed E-state index contributed by atoms with van der Waals surface area (Å²) in [6, 6.07) is 6.17. The molecule has 0 saturated heterocycles. The van der Waals surface area contributed by atoms with E-state index in [4.69, 9.17) is 10.5 Å². The van der Waals surface area contributed by atoms with Gasteiger partial charge in [0.2, 0.25) is 5.91 Å². The van der Waals surface area contributed by atoms with Crippen molar-refractivity contribution in [3.63, 3.8) is 0 Å². The molecule has 0 spiro atoms. The highest BCUT2D eigenvalue weighted by atomic mass is 16.5. The average molecular weight is 292 g/mol. The lowest BCUT2D eigenvalue weighted by atomic mass is 10.1. The molecule has 0 aliphatic heterocycles. The quantitative estimate of drug-likeness (QED) is 0.597. The smallest absolute Gasteiger partial charge is 0.237 e. The van der Waals surface area contributed by atoms with Gasteiger partial charge in [-0.15, -0.1) is 0 Å². The summed E-state index contributed by atoms with van der Waals surface area (Å²) in [6.07, 6.45) is 3.86. The highest BCUT2D eigenvalue weighted by Gasteiger charge is 2.20. The van der Waals surface area contributed by atoms with E-state index in [1.165, 1.54) is 12.8 Å². The Morgan fingerprint density at radius 1 is 1.38 bits per heavy atom. The summed E-state index contributed by atoms with van der Waals surface area (Å²) in [4.78, 5) is 11.8. The Labute approximate surface area is 125 Å². The van der Waals surface area contributed by atoms with Crippen LogP contribution in [-0.4, -0.2) is 36.8 Å². The zero-order valence-electron chi connectivity index (χ0n) is 12.3. The van der Waals surface area contributed by atoms with Gasteiger partial charge in [0, 0.05) is 19.8 Å². The van der Waals surface area contributed by atoms with Gasteiger partial charge >= 0.3 is 0 Å². The predicted molar refractivity (Wildman–Crippen MR) is 81.0 cm³/mol. The van der Waals surface area contributed by atoms with Crippen molar-refractivity contribution in [3.05, 3.63) is 29.8 Å². The molecule has 0 bridgehead atoms. The third-order valence-corrected chi connectivity index (χ3v) is 3.54. The third-order valence-electron chi connectivity index (χ3n) is 3.54. The zero-order chi connectivity index (χ0) is 15.1. The molecule has 1 atom stereocenters. The number of nitrogens with two attached hydrogens (primary N) is 1. The number of phenolic OH excluding ortho intramolecular Hbond substituents is 1. The first-order chi connectivity index (χ1) is 10.1. The minimum absolute atomic E-state index is 0.148. The van der Waals surface area contributed by atoms with Crippen LogP contribution in [0, 0.1) is 5.92 Å². The van der Waals surface area contributed by atoms with Gasteiger partial charge in [-0.3, -0.25) is 4.79 Å². The molecule has 0 aromatic heterocycles. The summed E-state index contributed by atoms with van der Waals surface area (Å²) >= 11 is 0. The Bertz CT molecular complexity index is 443. The lowest BCUT2D eigenvalue weighted by Crippen LogP contribution is -2.42. The van der Waals surface area contributed by atoms with Crippen molar-refractivity contribution in [1.29, 1.82) is 0 Å². The predicted octanol–water partition coefficient (Wildman–Crippen LogP) is 1.19. The molecular weight excluding hydrogens is 268 g/mol. The highest BCUT2D eigenvalue weighted by Crippen LogP contribution is 2.28. The molecule has 5 heteroatoms. The summed E-state index contributed by atoms with van der Waals surface area (Å²) in [7, 11) is 0. The van der Waals surface area contributed by atoms with E-state index in [0.717, 1.165) is 24.5 Å². The van der Waals surface area contributed by atoms with Gasteiger partial charge in [0.05, 0.1) is 6.04 Å². The average Bonchev–Trinajstić information content (AvgIpc) is 3.29. The third kappa shape index (κ3) is 6.14. The van der Waals surface area contributed by atoms with Crippen molar-refractivity contribution in [3.8, 4) is 5.75 Å². The van der Waals surface area contributed by atoms with Gasteiger partial charge < -0.3 is 20.9 Å². The minimum Gasteiger partial charge on any atom is -0.508 e. The molecule has 0 heterocycles. The van der Waals surface area contributed by atoms with E-state index < -0.39 is 6.04 Å². The molecular formula is C16H24N2O3. The molecule has 1 aromatic rings. The summed E-state index contributed by atoms with van der Waals surface area (Å²) in [5.41, 5.74) is 6.80. The Kier molecular flexibility index (Phi) is 6.02. The fourth-order valence-corrected chi connectivity index (χ4v) is 2.03. The summed E-state index contributed by atoms with van der Waals surface area (Å²) in [5, 5.41) is 12.0. The maximum absolute atomic E-state index is 11.8. The molecule has 21 heavy (non-hydrogen) atoms. The second-order valence-electron chi connectivity index (χ2n) is 5.64. The van der Waals surface area contributed by atoms with Gasteiger partial charge in [-0.25, -0.2) is 0 Å². The van der Waals surface area contributed by atoms with Gasteiger partial charge in [0.25, 0.3) is 0 Å². The van der Waals surface area contributed by atoms with E-state index in [0.29, 0.717) is 19.6 Å². The van der Waals surface area contributed by atoms with Crippen molar-refractivity contribution in [2.75, 3.05) is 19.8 Å². The van der Waals surface area contributed by atoms with Gasteiger partial charge in [0.15, 0.2) is 0 Å². The number of benzene rings is 1. The van der Waals surface area contributed by atoms with E-state index in [1.54, 1.807) is 24.3 Å². The highest BCUT2D eigenvalue weighted by molar-refractivity contribution is 5.81. The van der Waals surface area contributed by atoms with Crippen LogP contribution >= 0.6 is 0 Å². The van der Waals surface area contributed by atoms with E-state index in [-0.39, 0.29) is 11.7 Å². The first-order valence-corrected chi connectivity index (χ1v) is 7.54. The lowest BCUT2D eigenvalue weighted by molar-refractivity contribution is -0.122. The Balaban J connectivity index is 1.57. The summed E-state index contributed by atoms with van der Waals surface area (Å²) in [6.45, 7) is 2.13. The molecule has 1 saturated carbocycles. The molecule has 0 unspecified atom stereocenters. The first-order valence-electron chi connectivity index (χ1n) is 7.54. The molecule has 5 nitrogen and oxygen atoms in total. The van der Waals surface area contributed by atoms with Crippen LogP contribution < -0.4 is 11.1 Å². The fraction of sp³-hybridized carbons (Fsp3) is 0.562. The van der Waals surface area contributed by atoms with Crippen LogP contribution in [0.3, 0.4) is 0 Å². The molecule has 0 radical (unpaired) electrons. The van der Waals surface area contributed by atoms with Gasteiger partial charge in [-0.2, -0.15) is 0 Å². The maximum Gasteiger partial charge on any atom is 0.237 e. The molecule has 1 amide bonds. The van der Waals surface area contributed by atoms with Crippen molar-refractivity contribution in [2.45, 2.75) is 31.7 Å². The lowest BCUT2D eigenvalue weighted by Gasteiger charge is -2.12. The van der Waals surface area contributed by atoms with Crippen molar-refractivity contribution in [1.82, 2.24) is 5.32 Å². The van der Waals surface area contributed by atoms with E-state index in [9.17, 15) is 9.90 Å². The second kappa shape index (κ2) is 8.00. The first kappa shape index (κ1) is 15.8. The van der Waals surface area contributed by atoms with Crippen LogP contribution in [0.5, 0.6) is 5.75 Å². The largest absolute Gasteiger partial charge is 0.508 e. The number of carbonyl (C=O) groups excluding carboxylic acids is 1. The Morgan fingerprint density at radius 2 is 2.10 bits per heavy atom. The van der Waals surface area contributed by atoms with E-state index in [2.05, 4.69) is 5.32 Å². The number of ether oxygens (including phenoxy) is 1. The van der Waals surface area contributed by atoms with Crippen LogP contribution in [-0.2, 0) is 16.0 Å². The van der Waals surface area contributed by atoms with Crippen molar-refractivity contribution >= 4 is 5.91 Å². The second-order valence-corrected chi connectivity index (χ2v) is 5.64. The summed E-state index contributed by atoms with van der Waals surface area (Å²) < 4.78 is 5.50. The van der Waals surface area contributed by atoms with Gasteiger partial charge in [-0.1, -0.05) is 12.1 Å².